The predicted molar refractivity (Wildman–Crippen MR) is 108 cm³/mol. The van der Waals surface area contributed by atoms with Gasteiger partial charge in [-0.05, 0) is 59.8 Å². The highest BCUT2D eigenvalue weighted by atomic mass is 79.9. The largest absolute Gasteiger partial charge is 0.497 e. The monoisotopic (exact) mass is 446 g/mol. The van der Waals surface area contributed by atoms with Crippen LogP contribution in [-0.2, 0) is 9.59 Å². The number of hydrogen-bond acceptors (Lipinski definition) is 5. The molecule has 1 N–H and O–H groups in total. The summed E-state index contributed by atoms with van der Waals surface area (Å²) in [7, 11) is 1.57. The molecule has 1 saturated heterocycles. The summed E-state index contributed by atoms with van der Waals surface area (Å²) in [6.07, 6.45) is 1.62. The van der Waals surface area contributed by atoms with Gasteiger partial charge in [0.1, 0.15) is 12.3 Å². The quantitative estimate of drug-likeness (QED) is 0.698. The molecule has 1 heterocycles. The molecule has 8 heteroatoms. The van der Waals surface area contributed by atoms with Crippen molar-refractivity contribution < 1.29 is 19.1 Å². The topological polar surface area (TPSA) is 75.7 Å². The van der Waals surface area contributed by atoms with Crippen molar-refractivity contribution in [3.63, 3.8) is 0 Å². The van der Waals surface area contributed by atoms with Gasteiger partial charge in [0.15, 0.2) is 0 Å². The Hall–Kier alpha value is -2.58. The molecule has 0 spiro atoms. The van der Waals surface area contributed by atoms with Crippen LogP contribution in [0.3, 0.4) is 0 Å². The molecule has 0 bridgehead atoms. The van der Waals surface area contributed by atoms with Crippen LogP contribution in [0.25, 0.3) is 6.08 Å². The van der Waals surface area contributed by atoms with E-state index in [1.54, 1.807) is 61.7 Å². The lowest BCUT2D eigenvalue weighted by molar-refractivity contribution is -0.127. The fourth-order valence-corrected chi connectivity index (χ4v) is 3.47. The van der Waals surface area contributed by atoms with Crippen LogP contribution in [0.2, 0.25) is 0 Å². The molecule has 1 aliphatic rings. The van der Waals surface area contributed by atoms with Gasteiger partial charge in [0.25, 0.3) is 11.1 Å². The van der Waals surface area contributed by atoms with E-state index >= 15 is 0 Å². The second-order valence-corrected chi connectivity index (χ2v) is 7.50. The van der Waals surface area contributed by atoms with Gasteiger partial charge in [0, 0.05) is 10.2 Å². The third kappa shape index (κ3) is 4.78. The maximum atomic E-state index is 12.5. The standard InChI is InChI=1S/C19H15BrN2O4S/c1-26-15-8-2-12(3-9-15)10-16-18(24)22(19(25)27-16)11-17(23)21-14-6-4-13(20)5-7-14/h2-10H,11H2,1H3,(H,21,23)/b16-10+. The maximum absolute atomic E-state index is 12.5. The molecule has 0 aliphatic carbocycles. The molecule has 27 heavy (non-hydrogen) atoms. The molecule has 2 aromatic carbocycles. The molecule has 2 aromatic rings. The summed E-state index contributed by atoms with van der Waals surface area (Å²) in [4.78, 5) is 38.0. The van der Waals surface area contributed by atoms with Gasteiger partial charge in [0.05, 0.1) is 12.0 Å². The Balaban J connectivity index is 1.67. The van der Waals surface area contributed by atoms with E-state index in [2.05, 4.69) is 21.2 Å². The molecule has 6 nitrogen and oxygen atoms in total. The highest BCUT2D eigenvalue weighted by Gasteiger charge is 2.36. The Morgan fingerprint density at radius 3 is 2.44 bits per heavy atom. The lowest BCUT2D eigenvalue weighted by Gasteiger charge is -2.12. The molecule has 1 aliphatic heterocycles. The normalized spacial score (nSPS) is 15.3. The van der Waals surface area contributed by atoms with Crippen LogP contribution in [0.4, 0.5) is 10.5 Å². The average Bonchev–Trinajstić information content (AvgIpc) is 2.91. The minimum Gasteiger partial charge on any atom is -0.497 e. The second kappa shape index (κ2) is 8.41. The smallest absolute Gasteiger partial charge is 0.294 e. The third-order valence-electron chi connectivity index (χ3n) is 3.72. The van der Waals surface area contributed by atoms with E-state index < -0.39 is 17.1 Å². The summed E-state index contributed by atoms with van der Waals surface area (Å²) in [6.45, 7) is -0.333. The summed E-state index contributed by atoms with van der Waals surface area (Å²) in [5.74, 6) is -0.220. The summed E-state index contributed by atoms with van der Waals surface area (Å²) in [5, 5.41) is 2.20. The van der Waals surface area contributed by atoms with E-state index in [1.807, 2.05) is 0 Å². The third-order valence-corrected chi connectivity index (χ3v) is 5.15. The Labute approximate surface area is 168 Å². The van der Waals surface area contributed by atoms with Gasteiger partial charge in [-0.3, -0.25) is 19.3 Å². The van der Waals surface area contributed by atoms with Crippen molar-refractivity contribution in [1.29, 1.82) is 0 Å². The first-order valence-electron chi connectivity index (χ1n) is 7.91. The number of benzene rings is 2. The first-order valence-corrected chi connectivity index (χ1v) is 9.52. The Kier molecular flexibility index (Phi) is 5.98. The maximum Gasteiger partial charge on any atom is 0.294 e. The number of nitrogens with zero attached hydrogens (tertiary/aromatic N) is 1. The number of ether oxygens (including phenoxy) is 1. The molecular weight excluding hydrogens is 432 g/mol. The lowest BCUT2D eigenvalue weighted by atomic mass is 10.2. The van der Waals surface area contributed by atoms with Crippen molar-refractivity contribution in [2.75, 3.05) is 19.0 Å². The number of methoxy groups -OCH3 is 1. The van der Waals surface area contributed by atoms with Crippen LogP contribution < -0.4 is 10.1 Å². The summed E-state index contributed by atoms with van der Waals surface area (Å²) in [5.41, 5.74) is 1.35. The molecule has 3 amide bonds. The van der Waals surface area contributed by atoms with Crippen LogP contribution in [0.1, 0.15) is 5.56 Å². The number of rotatable bonds is 5. The van der Waals surface area contributed by atoms with Gasteiger partial charge in [-0.25, -0.2) is 0 Å². The Bertz CT molecular complexity index is 910. The zero-order valence-corrected chi connectivity index (χ0v) is 16.7. The van der Waals surface area contributed by atoms with Gasteiger partial charge in [-0.1, -0.05) is 28.1 Å². The van der Waals surface area contributed by atoms with Crippen LogP contribution in [0.5, 0.6) is 5.75 Å². The number of imide groups is 1. The van der Waals surface area contributed by atoms with Gasteiger partial charge >= 0.3 is 0 Å². The summed E-state index contributed by atoms with van der Waals surface area (Å²) in [6, 6.07) is 14.1. The average molecular weight is 447 g/mol. The van der Waals surface area contributed by atoms with Crippen LogP contribution in [0.15, 0.2) is 57.9 Å². The van der Waals surface area contributed by atoms with Crippen molar-refractivity contribution in [2.24, 2.45) is 0 Å². The fourth-order valence-electron chi connectivity index (χ4n) is 2.37. The van der Waals surface area contributed by atoms with Crippen molar-refractivity contribution in [1.82, 2.24) is 4.90 Å². The first kappa shape index (κ1) is 19.2. The van der Waals surface area contributed by atoms with Crippen molar-refractivity contribution >= 4 is 56.5 Å². The number of anilines is 1. The molecule has 0 radical (unpaired) electrons. The number of amides is 3. The van der Waals surface area contributed by atoms with Crippen LogP contribution in [-0.4, -0.2) is 35.6 Å². The van der Waals surface area contributed by atoms with Crippen molar-refractivity contribution in [2.45, 2.75) is 0 Å². The van der Waals surface area contributed by atoms with E-state index in [0.29, 0.717) is 11.4 Å². The highest BCUT2D eigenvalue weighted by Crippen LogP contribution is 2.32. The predicted octanol–water partition coefficient (Wildman–Crippen LogP) is 4.13. The Morgan fingerprint density at radius 2 is 1.81 bits per heavy atom. The van der Waals surface area contributed by atoms with E-state index in [1.165, 1.54) is 0 Å². The van der Waals surface area contributed by atoms with Gasteiger partial charge < -0.3 is 10.1 Å². The first-order chi connectivity index (χ1) is 13.0. The molecular formula is C19H15BrN2O4S. The van der Waals surface area contributed by atoms with E-state index in [0.717, 1.165) is 26.7 Å². The van der Waals surface area contributed by atoms with Crippen molar-refractivity contribution in [3.8, 4) is 5.75 Å². The minimum absolute atomic E-state index is 0.279. The van der Waals surface area contributed by atoms with E-state index in [9.17, 15) is 14.4 Å². The molecule has 1 fully saturated rings. The molecule has 0 aromatic heterocycles. The molecule has 138 valence electrons. The SMILES string of the molecule is COc1ccc(/C=C2/SC(=O)N(CC(=O)Nc3ccc(Br)cc3)C2=O)cc1. The number of carbonyl (C=O) groups excluding carboxylic acids is 3. The molecule has 3 rings (SSSR count). The van der Waals surface area contributed by atoms with Crippen LogP contribution in [0, 0.1) is 0 Å². The van der Waals surface area contributed by atoms with Gasteiger partial charge in [-0.2, -0.15) is 0 Å². The summed E-state index contributed by atoms with van der Waals surface area (Å²) < 4.78 is 5.98. The Morgan fingerprint density at radius 1 is 1.15 bits per heavy atom. The highest BCUT2D eigenvalue weighted by molar-refractivity contribution is 9.10. The molecule has 0 unspecified atom stereocenters. The number of halogens is 1. The fraction of sp³-hybridized carbons (Fsp3) is 0.105. The minimum atomic E-state index is -0.480. The zero-order valence-electron chi connectivity index (χ0n) is 14.3. The van der Waals surface area contributed by atoms with Gasteiger partial charge in [-0.15, -0.1) is 0 Å². The van der Waals surface area contributed by atoms with Gasteiger partial charge in [0.2, 0.25) is 5.91 Å². The molecule has 0 saturated carbocycles. The number of nitrogens with one attached hydrogen (secondary N) is 1. The van der Waals surface area contributed by atoms with Crippen molar-refractivity contribution in [3.05, 3.63) is 63.5 Å². The number of carbonyl (C=O) groups is 3. The lowest BCUT2D eigenvalue weighted by Crippen LogP contribution is -2.36. The second-order valence-electron chi connectivity index (χ2n) is 5.60. The zero-order chi connectivity index (χ0) is 19.4. The number of hydrogen-bond donors (Lipinski definition) is 1. The molecule has 0 atom stereocenters. The van der Waals surface area contributed by atoms with E-state index in [-0.39, 0.29) is 11.4 Å². The van der Waals surface area contributed by atoms with E-state index in [4.69, 9.17) is 4.74 Å². The summed E-state index contributed by atoms with van der Waals surface area (Å²) >= 11 is 4.13. The van der Waals surface area contributed by atoms with Crippen LogP contribution >= 0.6 is 27.7 Å². The number of thioether (sulfide) groups is 1.